The molecule has 12 nitrogen and oxygen atoms in total. The van der Waals surface area contributed by atoms with Crippen LogP contribution in [0, 0.1) is 11.8 Å². The summed E-state index contributed by atoms with van der Waals surface area (Å²) in [4.78, 5) is 32.5. The van der Waals surface area contributed by atoms with Gasteiger partial charge in [0.1, 0.15) is 24.3 Å². The van der Waals surface area contributed by atoms with Gasteiger partial charge in [-0.3, -0.25) is 14.4 Å². The zero-order valence-corrected chi connectivity index (χ0v) is 28.4. The molecule has 3 aromatic heterocycles. The molecular formula is C35H40F3N9O3. The van der Waals surface area contributed by atoms with Crippen molar-refractivity contribution in [1.82, 2.24) is 34.5 Å². The van der Waals surface area contributed by atoms with Crippen molar-refractivity contribution in [2.24, 2.45) is 0 Å². The van der Waals surface area contributed by atoms with E-state index >= 15 is 0 Å². The Morgan fingerprint density at radius 2 is 2.00 bits per heavy atom. The number of ether oxygens (including phenoxy) is 2. The third-order valence-electron chi connectivity index (χ3n) is 9.92. The molecular weight excluding hydrogens is 651 g/mol. The van der Waals surface area contributed by atoms with Crippen LogP contribution in [-0.4, -0.2) is 86.3 Å². The lowest BCUT2D eigenvalue weighted by Gasteiger charge is -2.33. The zero-order valence-electron chi connectivity index (χ0n) is 28.4. The predicted molar refractivity (Wildman–Crippen MR) is 178 cm³/mol. The third-order valence-corrected chi connectivity index (χ3v) is 9.92. The number of anilines is 2. The van der Waals surface area contributed by atoms with E-state index < -0.39 is 17.8 Å². The van der Waals surface area contributed by atoms with Gasteiger partial charge >= 0.3 is 12.2 Å². The maximum absolute atomic E-state index is 14.5. The number of carbonyl (C=O) groups is 1. The molecule has 7 rings (SSSR count). The normalized spacial score (nSPS) is 21.9. The lowest BCUT2D eigenvalue weighted by atomic mass is 9.94. The quantitative estimate of drug-likeness (QED) is 0.298. The van der Waals surface area contributed by atoms with Gasteiger partial charge < -0.3 is 25.0 Å². The smallest absolute Gasteiger partial charge is 0.419 e. The van der Waals surface area contributed by atoms with E-state index in [-0.39, 0.29) is 47.6 Å². The highest BCUT2D eigenvalue weighted by molar-refractivity contribution is 5.92. The summed E-state index contributed by atoms with van der Waals surface area (Å²) < 4.78 is 58.0. The summed E-state index contributed by atoms with van der Waals surface area (Å²) in [6.07, 6.45) is -2.28. The van der Waals surface area contributed by atoms with Crippen LogP contribution < -0.4 is 15.4 Å². The minimum atomic E-state index is -4.75. The zero-order chi connectivity index (χ0) is 35.4. The molecule has 4 aliphatic rings. The lowest BCUT2D eigenvalue weighted by molar-refractivity contribution is -0.140. The first-order valence-corrected chi connectivity index (χ1v) is 16.7. The summed E-state index contributed by atoms with van der Waals surface area (Å²) in [5.41, 5.74) is 7.79. The first-order chi connectivity index (χ1) is 23.8. The van der Waals surface area contributed by atoms with Crippen LogP contribution in [0.3, 0.4) is 0 Å². The second-order valence-corrected chi connectivity index (χ2v) is 13.7. The van der Waals surface area contributed by atoms with Gasteiger partial charge in [-0.2, -0.15) is 28.2 Å². The molecule has 0 spiro atoms. The van der Waals surface area contributed by atoms with E-state index in [1.165, 1.54) is 11.8 Å². The Kier molecular flexibility index (Phi) is 8.72. The van der Waals surface area contributed by atoms with Crippen LogP contribution >= 0.6 is 0 Å². The molecule has 0 aromatic carbocycles. The highest BCUT2D eigenvalue weighted by atomic mass is 19.4. The van der Waals surface area contributed by atoms with Crippen molar-refractivity contribution >= 4 is 17.5 Å². The number of halogens is 3. The molecule has 2 fully saturated rings. The van der Waals surface area contributed by atoms with E-state index in [1.807, 2.05) is 4.68 Å². The van der Waals surface area contributed by atoms with E-state index in [0.29, 0.717) is 55.4 Å². The van der Waals surface area contributed by atoms with Gasteiger partial charge in [0.25, 0.3) is 5.91 Å². The van der Waals surface area contributed by atoms with Crippen molar-refractivity contribution in [3.8, 4) is 17.9 Å². The minimum Gasteiger partial charge on any atom is -0.461 e. The van der Waals surface area contributed by atoms with Crippen LogP contribution in [0.1, 0.15) is 83.0 Å². The van der Waals surface area contributed by atoms with Gasteiger partial charge in [0.15, 0.2) is 5.69 Å². The number of nitrogen functional groups attached to an aromatic ring is 1. The number of pyridine rings is 1. The minimum absolute atomic E-state index is 0.0128. The Bertz CT molecular complexity index is 1910. The number of amides is 1. The number of rotatable bonds is 6. The Morgan fingerprint density at radius 3 is 2.76 bits per heavy atom. The van der Waals surface area contributed by atoms with Crippen LogP contribution in [0.25, 0.3) is 0 Å². The van der Waals surface area contributed by atoms with Crippen LogP contribution in [0.2, 0.25) is 0 Å². The number of hydrogen-bond acceptors (Lipinski definition) is 10. The van der Waals surface area contributed by atoms with Gasteiger partial charge in [-0.25, -0.2) is 4.98 Å². The average Bonchev–Trinajstić information content (AvgIpc) is 3.69. The van der Waals surface area contributed by atoms with Crippen LogP contribution in [0.15, 0.2) is 24.3 Å². The van der Waals surface area contributed by atoms with E-state index in [2.05, 4.69) is 38.3 Å². The molecule has 2 saturated heterocycles. The average molecular weight is 692 g/mol. The highest BCUT2D eigenvalue weighted by Crippen LogP contribution is 2.43. The summed E-state index contributed by atoms with van der Waals surface area (Å²) >= 11 is 0. The molecule has 15 heteroatoms. The molecule has 4 aliphatic heterocycles. The van der Waals surface area contributed by atoms with Crippen molar-refractivity contribution in [2.45, 2.75) is 76.5 Å². The van der Waals surface area contributed by atoms with Crippen molar-refractivity contribution < 1.29 is 27.4 Å². The van der Waals surface area contributed by atoms with Crippen LogP contribution in [0.5, 0.6) is 6.01 Å². The number of alkyl halides is 3. The molecule has 264 valence electrons. The molecule has 1 amide bonds. The standard InChI is InChI=1S/C35H40F3N9O3/c1-5-8-22-13-28(39)41-30(29(22)35(36,37)38)27-15-25-24(19-49-27)31(42-33(40-25)50-20-34-9-6-11-46(34)17-21(2)16-34)45-10-7-12-47-23(18-45)14-26(43-47)32(48)44(3)4/h13-14,27H,2,6-7,9-12,15-20H2,1,3-4H3,(H2,39,41)/t27-,34-/m1/s1. The second-order valence-electron chi connectivity index (χ2n) is 13.7. The third kappa shape index (κ3) is 6.26. The molecule has 0 bridgehead atoms. The highest BCUT2D eigenvalue weighted by Gasteiger charge is 2.47. The van der Waals surface area contributed by atoms with Crippen molar-refractivity contribution in [1.29, 1.82) is 0 Å². The van der Waals surface area contributed by atoms with Gasteiger partial charge in [0.2, 0.25) is 0 Å². The maximum atomic E-state index is 14.5. The van der Waals surface area contributed by atoms with Crippen LogP contribution in [0.4, 0.5) is 24.8 Å². The topological polar surface area (TPSA) is 128 Å². The molecule has 2 atom stereocenters. The number of nitrogens with zero attached hydrogens (tertiary/aromatic N) is 8. The Balaban J connectivity index is 1.27. The fourth-order valence-electron chi connectivity index (χ4n) is 7.70. The fraction of sp³-hybridized carbons (Fsp3) is 0.514. The maximum Gasteiger partial charge on any atom is 0.419 e. The molecule has 0 saturated carbocycles. The molecule has 2 N–H and O–H groups in total. The summed E-state index contributed by atoms with van der Waals surface area (Å²) in [6, 6.07) is 3.07. The second kappa shape index (κ2) is 12.9. The van der Waals surface area contributed by atoms with Crippen LogP contribution in [-0.2, 0) is 37.0 Å². The molecule has 0 unspecified atom stereocenters. The molecule has 50 heavy (non-hydrogen) atoms. The number of hydrogen-bond donors (Lipinski definition) is 1. The lowest BCUT2D eigenvalue weighted by Crippen LogP contribution is -2.43. The number of nitrogens with two attached hydrogens (primary N) is 1. The van der Waals surface area contributed by atoms with E-state index in [9.17, 15) is 18.0 Å². The number of aromatic nitrogens is 5. The van der Waals surface area contributed by atoms with Crippen molar-refractivity contribution in [3.63, 3.8) is 0 Å². The Morgan fingerprint density at radius 1 is 1.18 bits per heavy atom. The van der Waals surface area contributed by atoms with E-state index in [4.69, 9.17) is 25.2 Å². The number of carbonyl (C=O) groups excluding carboxylic acids is 1. The van der Waals surface area contributed by atoms with Gasteiger partial charge in [-0.15, -0.1) is 5.92 Å². The summed E-state index contributed by atoms with van der Waals surface area (Å²) in [7, 11) is 3.36. The first-order valence-electron chi connectivity index (χ1n) is 16.7. The fourth-order valence-corrected chi connectivity index (χ4v) is 7.70. The van der Waals surface area contributed by atoms with Gasteiger partial charge in [-0.05, 0) is 51.3 Å². The largest absolute Gasteiger partial charge is 0.461 e. The molecule has 3 aromatic rings. The van der Waals surface area contributed by atoms with Gasteiger partial charge in [-0.1, -0.05) is 18.1 Å². The van der Waals surface area contributed by atoms with Crippen molar-refractivity contribution in [2.75, 3.05) is 51.0 Å². The Labute approximate surface area is 288 Å². The predicted octanol–water partition coefficient (Wildman–Crippen LogP) is 4.14. The number of fused-ring (bicyclic) bond motifs is 3. The molecule has 0 radical (unpaired) electrons. The van der Waals surface area contributed by atoms with Crippen molar-refractivity contribution in [3.05, 3.63) is 63.8 Å². The summed E-state index contributed by atoms with van der Waals surface area (Å²) in [5, 5.41) is 4.56. The SMILES string of the molecule is C=C1CN2CCC[C@]2(COc2nc3c(c(N4CCCn5nc(C(=O)N(C)C)cc5C4)n2)CO[C@@H](c2nc(N)cc(C#CC)c2C(F)(F)F)C3)C1. The molecule has 7 heterocycles. The van der Waals surface area contributed by atoms with E-state index in [1.54, 1.807) is 20.2 Å². The van der Waals surface area contributed by atoms with Gasteiger partial charge in [0.05, 0.1) is 41.3 Å². The first kappa shape index (κ1) is 33.8. The number of aryl methyl sites for hydroxylation is 1. The summed E-state index contributed by atoms with van der Waals surface area (Å²) in [5.74, 6) is 5.38. The van der Waals surface area contributed by atoms with E-state index in [0.717, 1.165) is 49.7 Å². The summed E-state index contributed by atoms with van der Waals surface area (Å²) in [6.45, 7) is 9.40. The Hall–Kier alpha value is -4.68. The van der Waals surface area contributed by atoms with Gasteiger partial charge in [0, 0.05) is 51.3 Å². The molecule has 0 aliphatic carbocycles. The monoisotopic (exact) mass is 691 g/mol.